The highest BCUT2D eigenvalue weighted by Gasteiger charge is 2.09. The van der Waals surface area contributed by atoms with Crippen molar-refractivity contribution >= 4 is 24.4 Å². The molecule has 13 heavy (non-hydrogen) atoms. The highest BCUT2D eigenvalue weighted by atomic mass is 32.1. The van der Waals surface area contributed by atoms with Gasteiger partial charge >= 0.3 is 5.97 Å². The van der Waals surface area contributed by atoms with Gasteiger partial charge in [-0.2, -0.15) is 12.6 Å². The van der Waals surface area contributed by atoms with Crippen molar-refractivity contribution in [3.05, 3.63) is 0 Å². The Labute approximate surface area is 82.6 Å². The molecule has 76 valence electrons. The van der Waals surface area contributed by atoms with Crippen molar-refractivity contribution < 1.29 is 9.90 Å². The van der Waals surface area contributed by atoms with Gasteiger partial charge in [0, 0.05) is 12.3 Å². The summed E-state index contributed by atoms with van der Waals surface area (Å²) < 4.78 is 0. The minimum atomic E-state index is -0.980. The summed E-state index contributed by atoms with van der Waals surface area (Å²) in [6, 6.07) is -0.799. The van der Waals surface area contributed by atoms with E-state index in [1.165, 1.54) is 0 Å². The number of rotatable bonds is 6. The Balaban J connectivity index is 3.51. The van der Waals surface area contributed by atoms with E-state index in [2.05, 4.69) is 17.6 Å². The molecule has 0 aromatic carbocycles. The maximum Gasteiger partial charge on any atom is 0.320 e. The fraction of sp³-hybridized carbons (Fsp3) is 0.714. The van der Waals surface area contributed by atoms with Gasteiger partial charge in [0.1, 0.15) is 11.9 Å². The van der Waals surface area contributed by atoms with Gasteiger partial charge in [0.05, 0.1) is 0 Å². The van der Waals surface area contributed by atoms with Gasteiger partial charge in [0.25, 0.3) is 0 Å². The quantitative estimate of drug-likeness (QED) is 0.202. The average Bonchev–Trinajstić information content (AvgIpc) is 2.11. The van der Waals surface area contributed by atoms with E-state index in [1.807, 2.05) is 0 Å². The lowest BCUT2D eigenvalue weighted by atomic mass is 10.2. The SMILES string of the molecule is NC(CS)=NCCC[C@H](N)C(=O)O. The topological polar surface area (TPSA) is 102 Å². The van der Waals surface area contributed by atoms with Crippen LogP contribution in [-0.4, -0.2) is 35.3 Å². The second kappa shape index (κ2) is 6.73. The van der Waals surface area contributed by atoms with Crippen LogP contribution in [0.15, 0.2) is 4.99 Å². The molecule has 0 heterocycles. The highest BCUT2D eigenvalue weighted by molar-refractivity contribution is 7.81. The van der Waals surface area contributed by atoms with Crippen molar-refractivity contribution in [2.45, 2.75) is 18.9 Å². The Morgan fingerprint density at radius 1 is 1.62 bits per heavy atom. The molecule has 0 radical (unpaired) electrons. The smallest absolute Gasteiger partial charge is 0.320 e. The summed E-state index contributed by atoms with van der Waals surface area (Å²) in [7, 11) is 0. The van der Waals surface area contributed by atoms with Crippen LogP contribution < -0.4 is 11.5 Å². The maximum atomic E-state index is 10.3. The Morgan fingerprint density at radius 3 is 2.69 bits per heavy atom. The number of amidine groups is 1. The molecular formula is C7H15N3O2S. The van der Waals surface area contributed by atoms with E-state index < -0.39 is 12.0 Å². The monoisotopic (exact) mass is 205 g/mol. The van der Waals surface area contributed by atoms with E-state index in [0.717, 1.165) is 0 Å². The van der Waals surface area contributed by atoms with Gasteiger partial charge in [-0.05, 0) is 12.8 Å². The van der Waals surface area contributed by atoms with Gasteiger partial charge in [-0.15, -0.1) is 0 Å². The molecule has 0 aliphatic rings. The fourth-order valence-electron chi connectivity index (χ4n) is 0.707. The number of thiol groups is 1. The average molecular weight is 205 g/mol. The third-order valence-corrected chi connectivity index (χ3v) is 1.79. The lowest BCUT2D eigenvalue weighted by Gasteiger charge is -2.03. The number of carboxylic acids is 1. The van der Waals surface area contributed by atoms with Crippen LogP contribution >= 0.6 is 12.6 Å². The van der Waals surface area contributed by atoms with E-state index in [-0.39, 0.29) is 0 Å². The third-order valence-electron chi connectivity index (χ3n) is 1.47. The second-order valence-corrected chi connectivity index (χ2v) is 2.93. The first kappa shape index (κ1) is 12.2. The number of carboxylic acid groups (broad SMARTS) is 1. The molecule has 0 fully saturated rings. The van der Waals surface area contributed by atoms with E-state index in [0.29, 0.717) is 31.0 Å². The summed E-state index contributed by atoms with van der Waals surface area (Å²) in [5.41, 5.74) is 10.6. The van der Waals surface area contributed by atoms with Crippen molar-refractivity contribution in [3.8, 4) is 0 Å². The first-order valence-corrected chi connectivity index (χ1v) is 4.59. The molecule has 0 aliphatic carbocycles. The van der Waals surface area contributed by atoms with E-state index in [1.54, 1.807) is 0 Å². The summed E-state index contributed by atoms with van der Waals surface area (Å²) in [6.45, 7) is 0.507. The zero-order valence-electron chi connectivity index (χ0n) is 7.31. The standard InChI is InChI=1S/C7H15N3O2S/c8-5(7(11)12)2-1-3-10-6(9)4-13/h5,13H,1-4,8H2,(H2,9,10)(H,11,12)/t5-/m0/s1. The number of nitrogens with two attached hydrogens (primary N) is 2. The summed E-state index contributed by atoms with van der Waals surface area (Å²) in [5, 5.41) is 8.44. The molecule has 1 atom stereocenters. The van der Waals surface area contributed by atoms with E-state index >= 15 is 0 Å². The van der Waals surface area contributed by atoms with E-state index in [9.17, 15) is 4.79 Å². The van der Waals surface area contributed by atoms with Crippen LogP contribution in [0.25, 0.3) is 0 Å². The van der Waals surface area contributed by atoms with Gasteiger partial charge in [0.15, 0.2) is 0 Å². The van der Waals surface area contributed by atoms with Crippen LogP contribution in [0.4, 0.5) is 0 Å². The molecule has 0 unspecified atom stereocenters. The van der Waals surface area contributed by atoms with Crippen molar-refractivity contribution in [2.24, 2.45) is 16.5 Å². The zero-order valence-corrected chi connectivity index (χ0v) is 8.20. The summed E-state index contributed by atoms with van der Waals surface area (Å²) in [6.07, 6.45) is 1.04. The Hall–Kier alpha value is -0.750. The Kier molecular flexibility index (Phi) is 6.34. The van der Waals surface area contributed by atoms with Crippen LogP contribution in [0.1, 0.15) is 12.8 Å². The predicted octanol–water partition coefficient (Wildman–Crippen LogP) is -0.534. The minimum absolute atomic E-state index is 0.415. The minimum Gasteiger partial charge on any atom is -0.480 e. The zero-order chi connectivity index (χ0) is 10.3. The molecule has 0 aromatic heterocycles. The molecule has 0 saturated carbocycles. The normalized spacial score (nSPS) is 14.2. The number of hydrogen-bond acceptors (Lipinski definition) is 4. The molecule has 0 aromatic rings. The molecule has 0 aliphatic heterocycles. The highest BCUT2D eigenvalue weighted by Crippen LogP contribution is 1.95. The number of carbonyl (C=O) groups is 1. The van der Waals surface area contributed by atoms with Crippen molar-refractivity contribution in [1.82, 2.24) is 0 Å². The maximum absolute atomic E-state index is 10.3. The summed E-state index contributed by atoms with van der Waals surface area (Å²) >= 11 is 3.92. The molecule has 0 rings (SSSR count). The molecular weight excluding hydrogens is 190 g/mol. The van der Waals surface area contributed by atoms with Gasteiger partial charge in [-0.3, -0.25) is 9.79 Å². The number of aliphatic carboxylic acids is 1. The molecule has 0 amide bonds. The van der Waals surface area contributed by atoms with Crippen molar-refractivity contribution in [2.75, 3.05) is 12.3 Å². The lowest BCUT2D eigenvalue weighted by molar-refractivity contribution is -0.138. The van der Waals surface area contributed by atoms with Crippen molar-refractivity contribution in [3.63, 3.8) is 0 Å². The summed E-state index contributed by atoms with van der Waals surface area (Å²) in [4.78, 5) is 14.2. The number of hydrogen-bond donors (Lipinski definition) is 4. The molecule has 0 saturated heterocycles. The van der Waals surface area contributed by atoms with Crippen LogP contribution in [0.3, 0.4) is 0 Å². The first-order valence-electron chi connectivity index (χ1n) is 3.96. The number of nitrogens with zero attached hydrogens (tertiary/aromatic N) is 1. The van der Waals surface area contributed by atoms with Gasteiger partial charge in [-0.25, -0.2) is 0 Å². The molecule has 5 nitrogen and oxygen atoms in total. The van der Waals surface area contributed by atoms with Gasteiger partial charge in [0.2, 0.25) is 0 Å². The molecule has 6 heteroatoms. The predicted molar refractivity (Wildman–Crippen MR) is 55.2 cm³/mol. The van der Waals surface area contributed by atoms with Crippen LogP contribution in [0, 0.1) is 0 Å². The summed E-state index contributed by atoms with van der Waals surface area (Å²) in [5.74, 6) is -0.0938. The Morgan fingerprint density at radius 2 is 2.23 bits per heavy atom. The van der Waals surface area contributed by atoms with E-state index in [4.69, 9.17) is 16.6 Å². The third kappa shape index (κ3) is 6.41. The van der Waals surface area contributed by atoms with Crippen LogP contribution in [0.2, 0.25) is 0 Å². The molecule has 5 N–H and O–H groups in total. The van der Waals surface area contributed by atoms with Gasteiger partial charge in [-0.1, -0.05) is 0 Å². The second-order valence-electron chi connectivity index (χ2n) is 2.62. The van der Waals surface area contributed by atoms with Crippen molar-refractivity contribution in [1.29, 1.82) is 0 Å². The fourth-order valence-corrected chi connectivity index (χ4v) is 0.807. The van der Waals surface area contributed by atoms with Crippen LogP contribution in [-0.2, 0) is 4.79 Å². The first-order chi connectivity index (χ1) is 6.07. The molecule has 0 bridgehead atoms. The van der Waals surface area contributed by atoms with Gasteiger partial charge < -0.3 is 16.6 Å². The van der Waals surface area contributed by atoms with Crippen LogP contribution in [0.5, 0.6) is 0 Å². The molecule has 0 spiro atoms. The number of aliphatic imine (C=N–C) groups is 1. The largest absolute Gasteiger partial charge is 0.480 e. The lowest BCUT2D eigenvalue weighted by Crippen LogP contribution is -2.30. The Bertz CT molecular complexity index is 196.